The summed E-state index contributed by atoms with van der Waals surface area (Å²) in [5.41, 5.74) is 6.94. The summed E-state index contributed by atoms with van der Waals surface area (Å²) < 4.78 is 22.7. The van der Waals surface area contributed by atoms with Gasteiger partial charge in [-0.1, -0.05) is 6.42 Å². The van der Waals surface area contributed by atoms with Crippen LogP contribution >= 0.6 is 0 Å². The molecule has 1 fully saturated rings. The summed E-state index contributed by atoms with van der Waals surface area (Å²) in [5, 5.41) is 5.13. The summed E-state index contributed by atoms with van der Waals surface area (Å²) in [6, 6.07) is 4.73. The van der Waals surface area contributed by atoms with Crippen LogP contribution in [0.25, 0.3) is 0 Å². The standard InChI is InChI=1S/C12H19N3O2S/c1-15(8-9-3-2-4-9)11-5-10(13)6-12(7-11)18(14,16)17/h5-7,9H,2-4,8,13H2,1H3,(H2,14,16,17). The van der Waals surface area contributed by atoms with Crippen molar-refractivity contribution in [2.45, 2.75) is 24.2 Å². The van der Waals surface area contributed by atoms with Gasteiger partial charge in [-0.25, -0.2) is 13.6 Å². The molecule has 100 valence electrons. The zero-order valence-corrected chi connectivity index (χ0v) is 11.3. The first-order chi connectivity index (χ1) is 8.36. The number of sulfonamides is 1. The molecule has 1 aliphatic carbocycles. The Balaban J connectivity index is 2.24. The topological polar surface area (TPSA) is 89.4 Å². The maximum Gasteiger partial charge on any atom is 0.238 e. The third-order valence-electron chi connectivity index (χ3n) is 3.44. The molecule has 0 aromatic heterocycles. The number of nitrogens with two attached hydrogens (primary N) is 2. The molecule has 0 radical (unpaired) electrons. The lowest BCUT2D eigenvalue weighted by Gasteiger charge is -2.31. The van der Waals surface area contributed by atoms with E-state index in [0.717, 1.165) is 12.2 Å². The van der Waals surface area contributed by atoms with Crippen LogP contribution in [-0.2, 0) is 10.0 Å². The molecule has 0 atom stereocenters. The van der Waals surface area contributed by atoms with Gasteiger partial charge in [-0.3, -0.25) is 0 Å². The SMILES string of the molecule is CN(CC1CCC1)c1cc(N)cc(S(N)(=O)=O)c1. The Kier molecular flexibility index (Phi) is 3.49. The van der Waals surface area contributed by atoms with Gasteiger partial charge in [-0.2, -0.15) is 0 Å². The Morgan fingerprint density at radius 1 is 1.33 bits per heavy atom. The highest BCUT2D eigenvalue weighted by Gasteiger charge is 2.20. The number of rotatable bonds is 4. The Hall–Kier alpha value is -1.27. The van der Waals surface area contributed by atoms with Crippen molar-refractivity contribution in [3.8, 4) is 0 Å². The lowest BCUT2D eigenvalue weighted by molar-refractivity contribution is 0.321. The van der Waals surface area contributed by atoms with E-state index in [4.69, 9.17) is 10.9 Å². The molecule has 0 amide bonds. The van der Waals surface area contributed by atoms with Crippen molar-refractivity contribution in [1.29, 1.82) is 0 Å². The Morgan fingerprint density at radius 2 is 2.00 bits per heavy atom. The van der Waals surface area contributed by atoms with E-state index in [-0.39, 0.29) is 4.90 Å². The minimum atomic E-state index is -3.71. The quantitative estimate of drug-likeness (QED) is 0.802. The van der Waals surface area contributed by atoms with Gasteiger partial charge in [0.05, 0.1) is 4.90 Å². The second-order valence-electron chi connectivity index (χ2n) is 4.98. The predicted molar refractivity (Wildman–Crippen MR) is 72.8 cm³/mol. The van der Waals surface area contributed by atoms with E-state index in [1.54, 1.807) is 12.1 Å². The molecule has 6 heteroatoms. The number of benzene rings is 1. The first kappa shape index (κ1) is 13.2. The van der Waals surface area contributed by atoms with Crippen LogP contribution in [0.4, 0.5) is 11.4 Å². The monoisotopic (exact) mass is 269 g/mol. The van der Waals surface area contributed by atoms with Gasteiger partial charge in [0, 0.05) is 25.0 Å². The van der Waals surface area contributed by atoms with Crippen LogP contribution < -0.4 is 15.8 Å². The van der Waals surface area contributed by atoms with E-state index in [0.29, 0.717) is 11.6 Å². The minimum absolute atomic E-state index is 0.0676. The first-order valence-corrected chi connectivity index (χ1v) is 7.55. The largest absolute Gasteiger partial charge is 0.399 e. The Morgan fingerprint density at radius 3 is 2.50 bits per heavy atom. The van der Waals surface area contributed by atoms with E-state index in [9.17, 15) is 8.42 Å². The molecule has 4 N–H and O–H groups in total. The fourth-order valence-corrected chi connectivity index (χ4v) is 2.74. The van der Waals surface area contributed by atoms with Crippen molar-refractivity contribution in [2.24, 2.45) is 11.1 Å². The van der Waals surface area contributed by atoms with E-state index >= 15 is 0 Å². The molecule has 2 rings (SSSR count). The number of anilines is 2. The van der Waals surface area contributed by atoms with Crippen LogP contribution in [0.3, 0.4) is 0 Å². The smallest absolute Gasteiger partial charge is 0.238 e. The molecule has 0 saturated heterocycles. The van der Waals surface area contributed by atoms with Gasteiger partial charge in [0.2, 0.25) is 10.0 Å². The predicted octanol–water partition coefficient (Wildman–Crippen LogP) is 1.15. The maximum atomic E-state index is 11.4. The summed E-state index contributed by atoms with van der Waals surface area (Å²) in [5.74, 6) is 0.703. The van der Waals surface area contributed by atoms with Gasteiger partial charge >= 0.3 is 0 Å². The number of nitrogen functional groups attached to an aromatic ring is 1. The molecule has 18 heavy (non-hydrogen) atoms. The molecule has 0 spiro atoms. The van der Waals surface area contributed by atoms with Gasteiger partial charge in [-0.05, 0) is 37.0 Å². The van der Waals surface area contributed by atoms with E-state index in [1.165, 1.54) is 25.3 Å². The lowest BCUT2D eigenvalue weighted by Crippen LogP contribution is -2.29. The van der Waals surface area contributed by atoms with Crippen LogP contribution in [0.1, 0.15) is 19.3 Å². The fourth-order valence-electron chi connectivity index (χ4n) is 2.16. The van der Waals surface area contributed by atoms with Crippen molar-refractivity contribution < 1.29 is 8.42 Å². The number of primary sulfonamides is 1. The van der Waals surface area contributed by atoms with Gasteiger partial charge < -0.3 is 10.6 Å². The molecule has 1 aliphatic rings. The number of hydrogen-bond donors (Lipinski definition) is 2. The zero-order valence-electron chi connectivity index (χ0n) is 10.5. The van der Waals surface area contributed by atoms with E-state index < -0.39 is 10.0 Å². The zero-order chi connectivity index (χ0) is 13.3. The molecule has 5 nitrogen and oxygen atoms in total. The van der Waals surface area contributed by atoms with Crippen molar-refractivity contribution in [3.05, 3.63) is 18.2 Å². The summed E-state index contributed by atoms with van der Waals surface area (Å²) in [4.78, 5) is 2.10. The normalized spacial score (nSPS) is 16.3. The third kappa shape index (κ3) is 2.94. The second-order valence-corrected chi connectivity index (χ2v) is 6.54. The van der Waals surface area contributed by atoms with Gasteiger partial charge in [0.25, 0.3) is 0 Å². The fraction of sp³-hybridized carbons (Fsp3) is 0.500. The average Bonchev–Trinajstić information content (AvgIpc) is 2.21. The van der Waals surface area contributed by atoms with Crippen molar-refractivity contribution in [1.82, 2.24) is 0 Å². The molecule has 1 aromatic rings. The maximum absolute atomic E-state index is 11.4. The van der Waals surface area contributed by atoms with Crippen molar-refractivity contribution in [3.63, 3.8) is 0 Å². The van der Waals surface area contributed by atoms with Crippen LogP contribution in [0.2, 0.25) is 0 Å². The van der Waals surface area contributed by atoms with Gasteiger partial charge in [0.15, 0.2) is 0 Å². The van der Waals surface area contributed by atoms with E-state index in [2.05, 4.69) is 0 Å². The number of nitrogens with zero attached hydrogens (tertiary/aromatic N) is 1. The van der Waals surface area contributed by atoms with Crippen LogP contribution in [0, 0.1) is 5.92 Å². The van der Waals surface area contributed by atoms with Crippen molar-refractivity contribution >= 4 is 21.4 Å². The molecule has 1 saturated carbocycles. The van der Waals surface area contributed by atoms with Gasteiger partial charge in [-0.15, -0.1) is 0 Å². The summed E-state index contributed by atoms with van der Waals surface area (Å²) in [7, 11) is -1.76. The summed E-state index contributed by atoms with van der Waals surface area (Å²) in [6.07, 6.45) is 3.78. The van der Waals surface area contributed by atoms with Crippen molar-refractivity contribution in [2.75, 3.05) is 24.2 Å². The number of hydrogen-bond acceptors (Lipinski definition) is 4. The molecule has 0 bridgehead atoms. The molecule has 0 heterocycles. The molecular formula is C12H19N3O2S. The second kappa shape index (κ2) is 4.78. The van der Waals surface area contributed by atoms with Crippen LogP contribution in [0.15, 0.2) is 23.1 Å². The Bertz CT molecular complexity index is 538. The molecule has 0 aliphatic heterocycles. The molecule has 1 aromatic carbocycles. The summed E-state index contributed by atoms with van der Waals surface area (Å²) >= 11 is 0. The molecule has 0 unspecified atom stereocenters. The average molecular weight is 269 g/mol. The lowest BCUT2D eigenvalue weighted by atomic mass is 9.85. The highest BCUT2D eigenvalue weighted by atomic mass is 32.2. The highest BCUT2D eigenvalue weighted by molar-refractivity contribution is 7.89. The van der Waals surface area contributed by atoms with Crippen LogP contribution in [0.5, 0.6) is 0 Å². The minimum Gasteiger partial charge on any atom is -0.399 e. The van der Waals surface area contributed by atoms with E-state index in [1.807, 2.05) is 11.9 Å². The summed E-state index contributed by atoms with van der Waals surface area (Å²) in [6.45, 7) is 0.924. The third-order valence-corrected chi connectivity index (χ3v) is 4.33. The molecular weight excluding hydrogens is 250 g/mol. The van der Waals surface area contributed by atoms with Gasteiger partial charge in [0.1, 0.15) is 0 Å². The van der Waals surface area contributed by atoms with Crippen LogP contribution in [-0.4, -0.2) is 22.0 Å². The first-order valence-electron chi connectivity index (χ1n) is 6.01. The highest BCUT2D eigenvalue weighted by Crippen LogP contribution is 2.29. The Labute approximate surface area is 108 Å².